The molecule has 13 heavy (non-hydrogen) atoms. The fourth-order valence-corrected chi connectivity index (χ4v) is 1.14. The standard InChI is InChI=1S/C8H8.C3H4O2/c1-2-4-8-6-5-7(8)3-1;1-2-3(4)5/h1-4H,5-6H2;2H,1H2,(H,4,5). The maximum atomic E-state index is 9.25. The maximum absolute atomic E-state index is 9.25. The van der Waals surface area contributed by atoms with Crippen molar-refractivity contribution in [3.8, 4) is 0 Å². The Balaban J connectivity index is 0.000000149. The summed E-state index contributed by atoms with van der Waals surface area (Å²) < 4.78 is 0. The second kappa shape index (κ2) is 4.45. The first-order chi connectivity index (χ1) is 6.24. The third-order valence-electron chi connectivity index (χ3n) is 1.96. The fourth-order valence-electron chi connectivity index (χ4n) is 1.14. The molecule has 0 bridgehead atoms. The summed E-state index contributed by atoms with van der Waals surface area (Å²) in [6.45, 7) is 2.96. The first-order valence-corrected chi connectivity index (χ1v) is 4.16. The van der Waals surface area contributed by atoms with Gasteiger partial charge >= 0.3 is 5.97 Å². The van der Waals surface area contributed by atoms with Crippen LogP contribution in [0, 0.1) is 0 Å². The molecule has 0 heterocycles. The average molecular weight is 176 g/mol. The third-order valence-corrected chi connectivity index (χ3v) is 1.96. The van der Waals surface area contributed by atoms with Gasteiger partial charge in [0, 0.05) is 6.08 Å². The summed E-state index contributed by atoms with van der Waals surface area (Å²) in [7, 11) is 0. The van der Waals surface area contributed by atoms with E-state index in [2.05, 4.69) is 30.8 Å². The van der Waals surface area contributed by atoms with E-state index in [1.807, 2.05) is 0 Å². The van der Waals surface area contributed by atoms with E-state index in [9.17, 15) is 4.79 Å². The molecule has 0 atom stereocenters. The van der Waals surface area contributed by atoms with E-state index in [1.54, 1.807) is 11.1 Å². The first-order valence-electron chi connectivity index (χ1n) is 4.16. The van der Waals surface area contributed by atoms with Crippen LogP contribution in [0.15, 0.2) is 36.9 Å². The summed E-state index contributed by atoms with van der Waals surface area (Å²) in [6, 6.07) is 8.63. The van der Waals surface area contributed by atoms with E-state index >= 15 is 0 Å². The molecule has 0 saturated carbocycles. The number of hydrogen-bond acceptors (Lipinski definition) is 1. The minimum Gasteiger partial charge on any atom is -0.478 e. The molecule has 0 aromatic heterocycles. The summed E-state index contributed by atoms with van der Waals surface area (Å²) in [6.07, 6.45) is 3.44. The second-order valence-corrected chi connectivity index (χ2v) is 2.81. The number of benzene rings is 1. The van der Waals surface area contributed by atoms with E-state index in [-0.39, 0.29) is 0 Å². The molecule has 2 heteroatoms. The third kappa shape index (κ3) is 2.75. The molecule has 2 rings (SSSR count). The molecule has 1 aliphatic rings. The Kier molecular flexibility index (Phi) is 3.26. The number of rotatable bonds is 1. The van der Waals surface area contributed by atoms with Crippen LogP contribution in [0.5, 0.6) is 0 Å². The molecule has 1 N–H and O–H groups in total. The zero-order valence-corrected chi connectivity index (χ0v) is 7.36. The molecule has 0 fully saturated rings. The van der Waals surface area contributed by atoms with E-state index in [0.29, 0.717) is 0 Å². The number of hydrogen-bond donors (Lipinski definition) is 1. The van der Waals surface area contributed by atoms with Crippen LogP contribution in [0.1, 0.15) is 11.1 Å². The highest BCUT2D eigenvalue weighted by Gasteiger charge is 2.09. The molecular weight excluding hydrogens is 164 g/mol. The van der Waals surface area contributed by atoms with E-state index in [1.165, 1.54) is 12.8 Å². The van der Waals surface area contributed by atoms with Gasteiger partial charge in [0.2, 0.25) is 0 Å². The highest BCUT2D eigenvalue weighted by Crippen LogP contribution is 2.20. The average Bonchev–Trinajstić information content (AvgIpc) is 2.08. The van der Waals surface area contributed by atoms with Crippen LogP contribution in [-0.4, -0.2) is 11.1 Å². The van der Waals surface area contributed by atoms with Crippen LogP contribution in [0.3, 0.4) is 0 Å². The van der Waals surface area contributed by atoms with Gasteiger partial charge in [-0.25, -0.2) is 4.79 Å². The van der Waals surface area contributed by atoms with Crippen molar-refractivity contribution in [1.82, 2.24) is 0 Å². The largest absolute Gasteiger partial charge is 0.478 e. The van der Waals surface area contributed by atoms with Gasteiger partial charge in [-0.1, -0.05) is 30.8 Å². The Hall–Kier alpha value is -1.57. The van der Waals surface area contributed by atoms with Crippen molar-refractivity contribution in [2.45, 2.75) is 12.8 Å². The molecule has 1 aromatic carbocycles. The first kappa shape index (κ1) is 9.52. The van der Waals surface area contributed by atoms with Crippen molar-refractivity contribution in [3.05, 3.63) is 48.0 Å². The highest BCUT2D eigenvalue weighted by atomic mass is 16.4. The summed E-state index contributed by atoms with van der Waals surface area (Å²) in [5.74, 6) is -0.981. The topological polar surface area (TPSA) is 37.3 Å². The Bertz CT molecular complexity index is 293. The van der Waals surface area contributed by atoms with Crippen LogP contribution in [0.25, 0.3) is 0 Å². The molecular formula is C11H12O2. The summed E-state index contributed by atoms with van der Waals surface area (Å²) >= 11 is 0. The predicted molar refractivity (Wildman–Crippen MR) is 51.7 cm³/mol. The van der Waals surface area contributed by atoms with E-state index in [4.69, 9.17) is 5.11 Å². The minimum absolute atomic E-state index is 0.833. The number of carboxylic acids is 1. The summed E-state index contributed by atoms with van der Waals surface area (Å²) in [5, 5.41) is 7.60. The minimum atomic E-state index is -0.981. The Morgan fingerprint density at radius 2 is 1.69 bits per heavy atom. The van der Waals surface area contributed by atoms with Crippen molar-refractivity contribution in [3.63, 3.8) is 0 Å². The number of carbonyl (C=O) groups is 1. The molecule has 1 aliphatic carbocycles. The molecule has 0 radical (unpaired) electrons. The fraction of sp³-hybridized carbons (Fsp3) is 0.182. The number of fused-ring (bicyclic) bond motifs is 1. The second-order valence-electron chi connectivity index (χ2n) is 2.81. The van der Waals surface area contributed by atoms with Crippen LogP contribution in [0.4, 0.5) is 0 Å². The number of carboxylic acid groups (broad SMARTS) is 1. The zero-order valence-electron chi connectivity index (χ0n) is 7.36. The van der Waals surface area contributed by atoms with Gasteiger partial charge < -0.3 is 5.11 Å². The van der Waals surface area contributed by atoms with Crippen molar-refractivity contribution in [2.75, 3.05) is 0 Å². The molecule has 0 unspecified atom stereocenters. The lowest BCUT2D eigenvalue weighted by Gasteiger charge is -2.16. The van der Waals surface area contributed by atoms with Crippen LogP contribution >= 0.6 is 0 Å². The van der Waals surface area contributed by atoms with Crippen molar-refractivity contribution < 1.29 is 9.90 Å². The van der Waals surface area contributed by atoms with Gasteiger partial charge in [0.05, 0.1) is 0 Å². The molecule has 0 aliphatic heterocycles. The quantitative estimate of drug-likeness (QED) is 0.665. The Morgan fingerprint density at radius 3 is 1.85 bits per heavy atom. The molecule has 0 amide bonds. The van der Waals surface area contributed by atoms with Gasteiger partial charge in [0.1, 0.15) is 0 Å². The van der Waals surface area contributed by atoms with Crippen molar-refractivity contribution >= 4 is 5.97 Å². The Morgan fingerprint density at radius 1 is 1.31 bits per heavy atom. The van der Waals surface area contributed by atoms with Crippen molar-refractivity contribution in [1.29, 1.82) is 0 Å². The smallest absolute Gasteiger partial charge is 0.327 e. The van der Waals surface area contributed by atoms with E-state index < -0.39 is 5.97 Å². The van der Waals surface area contributed by atoms with Gasteiger partial charge in [-0.3, -0.25) is 0 Å². The van der Waals surface area contributed by atoms with Crippen LogP contribution in [-0.2, 0) is 17.6 Å². The predicted octanol–water partition coefficient (Wildman–Crippen LogP) is 2.04. The molecule has 0 spiro atoms. The molecule has 68 valence electrons. The normalized spacial score (nSPS) is 11.4. The molecule has 1 aromatic rings. The molecule has 2 nitrogen and oxygen atoms in total. The van der Waals surface area contributed by atoms with Gasteiger partial charge in [-0.15, -0.1) is 0 Å². The number of aliphatic carboxylic acids is 1. The lowest BCUT2D eigenvalue weighted by atomic mass is 9.89. The number of aryl methyl sites for hydroxylation is 2. The zero-order chi connectivity index (χ0) is 9.68. The van der Waals surface area contributed by atoms with Gasteiger partial charge in [0.15, 0.2) is 0 Å². The summed E-state index contributed by atoms with van der Waals surface area (Å²) in [4.78, 5) is 9.25. The Labute approximate surface area is 77.5 Å². The highest BCUT2D eigenvalue weighted by molar-refractivity contribution is 5.78. The van der Waals surface area contributed by atoms with Crippen LogP contribution < -0.4 is 0 Å². The van der Waals surface area contributed by atoms with Crippen LogP contribution in [0.2, 0.25) is 0 Å². The van der Waals surface area contributed by atoms with Gasteiger partial charge in [0.25, 0.3) is 0 Å². The van der Waals surface area contributed by atoms with Crippen molar-refractivity contribution in [2.24, 2.45) is 0 Å². The monoisotopic (exact) mass is 176 g/mol. The van der Waals surface area contributed by atoms with E-state index in [0.717, 1.165) is 6.08 Å². The maximum Gasteiger partial charge on any atom is 0.327 e. The van der Waals surface area contributed by atoms with Gasteiger partial charge in [-0.05, 0) is 24.0 Å². The summed E-state index contributed by atoms with van der Waals surface area (Å²) in [5.41, 5.74) is 3.10. The lowest BCUT2D eigenvalue weighted by molar-refractivity contribution is -0.131. The molecule has 0 saturated heterocycles. The van der Waals surface area contributed by atoms with Gasteiger partial charge in [-0.2, -0.15) is 0 Å². The SMILES string of the molecule is C=CC(=O)O.c1ccc2c(c1)CC2. The lowest BCUT2D eigenvalue weighted by Crippen LogP contribution is -2.06.